The van der Waals surface area contributed by atoms with Crippen LogP contribution in [0.3, 0.4) is 0 Å². The summed E-state index contributed by atoms with van der Waals surface area (Å²) < 4.78 is 25.0. The Morgan fingerprint density at radius 2 is 1.83 bits per heavy atom. The number of halogens is 1. The van der Waals surface area contributed by atoms with Gasteiger partial charge in [0.2, 0.25) is 5.91 Å². The van der Waals surface area contributed by atoms with Crippen LogP contribution in [0.5, 0.6) is 17.2 Å². The van der Waals surface area contributed by atoms with Gasteiger partial charge in [0.05, 0.1) is 12.7 Å². The first-order valence-corrected chi connectivity index (χ1v) is 9.45. The van der Waals surface area contributed by atoms with Crippen molar-refractivity contribution in [3.8, 4) is 17.2 Å². The molecule has 0 aliphatic heterocycles. The number of ether oxygens (including phenoxy) is 2. The van der Waals surface area contributed by atoms with E-state index in [0.717, 1.165) is 5.56 Å². The first-order chi connectivity index (χ1) is 14.1. The molecule has 0 bridgehead atoms. The zero-order valence-electron chi connectivity index (χ0n) is 16.0. The standard InChI is InChI=1S/C23H21FN2O3/c1-16(27)26(15-17-7-5-6-10-21(17)29-23-13-19(23)24)20-14-25-12-11-22(20)28-18-8-3-2-4-9-18/h2-12,14,19,23H,13,15H2,1H3. The summed E-state index contributed by atoms with van der Waals surface area (Å²) in [5, 5.41) is 0. The average Bonchev–Trinajstić information content (AvgIpc) is 3.43. The van der Waals surface area contributed by atoms with Crippen molar-refractivity contribution in [2.75, 3.05) is 4.90 Å². The van der Waals surface area contributed by atoms with E-state index in [1.54, 1.807) is 29.4 Å². The molecule has 0 saturated heterocycles. The highest BCUT2D eigenvalue weighted by Gasteiger charge is 2.40. The average molecular weight is 392 g/mol. The minimum Gasteiger partial charge on any atom is -0.487 e. The van der Waals surface area contributed by atoms with Crippen molar-refractivity contribution in [3.63, 3.8) is 0 Å². The van der Waals surface area contributed by atoms with Crippen molar-refractivity contribution in [2.24, 2.45) is 0 Å². The molecule has 5 nitrogen and oxygen atoms in total. The number of anilines is 1. The Morgan fingerprint density at radius 3 is 2.55 bits per heavy atom. The minimum atomic E-state index is -0.920. The normalized spacial score (nSPS) is 17.4. The third-order valence-electron chi connectivity index (χ3n) is 4.64. The Morgan fingerprint density at radius 1 is 1.10 bits per heavy atom. The lowest BCUT2D eigenvalue weighted by molar-refractivity contribution is -0.116. The van der Waals surface area contributed by atoms with Crippen LogP contribution in [-0.4, -0.2) is 23.2 Å². The maximum absolute atomic E-state index is 13.3. The van der Waals surface area contributed by atoms with E-state index in [-0.39, 0.29) is 12.5 Å². The molecule has 1 aliphatic rings. The van der Waals surface area contributed by atoms with Crippen molar-refractivity contribution in [2.45, 2.75) is 32.2 Å². The molecule has 0 radical (unpaired) electrons. The molecule has 6 heteroatoms. The molecule has 0 spiro atoms. The van der Waals surface area contributed by atoms with Gasteiger partial charge in [-0.1, -0.05) is 36.4 Å². The Kier molecular flexibility index (Phi) is 5.42. The van der Waals surface area contributed by atoms with Crippen LogP contribution in [0.4, 0.5) is 10.1 Å². The number of benzene rings is 2. The maximum atomic E-state index is 13.3. The third-order valence-corrected chi connectivity index (χ3v) is 4.64. The van der Waals surface area contributed by atoms with Crippen molar-refractivity contribution in [1.29, 1.82) is 0 Å². The topological polar surface area (TPSA) is 51.7 Å². The van der Waals surface area contributed by atoms with Crippen LogP contribution in [0.2, 0.25) is 0 Å². The molecular formula is C23H21FN2O3. The number of rotatable bonds is 7. The highest BCUT2D eigenvalue weighted by Crippen LogP contribution is 2.35. The number of hydrogen-bond acceptors (Lipinski definition) is 4. The summed E-state index contributed by atoms with van der Waals surface area (Å²) in [4.78, 5) is 18.2. The monoisotopic (exact) mass is 392 g/mol. The predicted molar refractivity (Wildman–Crippen MR) is 108 cm³/mol. The molecule has 1 amide bonds. The Labute approximate surface area is 168 Å². The summed E-state index contributed by atoms with van der Waals surface area (Å²) in [6, 6.07) is 18.4. The van der Waals surface area contributed by atoms with Gasteiger partial charge in [0.15, 0.2) is 5.75 Å². The van der Waals surface area contributed by atoms with E-state index in [4.69, 9.17) is 9.47 Å². The van der Waals surface area contributed by atoms with E-state index in [1.165, 1.54) is 6.92 Å². The van der Waals surface area contributed by atoms with E-state index in [9.17, 15) is 9.18 Å². The first kappa shape index (κ1) is 18.9. The largest absolute Gasteiger partial charge is 0.487 e. The summed E-state index contributed by atoms with van der Waals surface area (Å²) in [6.45, 7) is 1.74. The fourth-order valence-corrected chi connectivity index (χ4v) is 2.99. The second-order valence-corrected chi connectivity index (χ2v) is 6.88. The van der Waals surface area contributed by atoms with Gasteiger partial charge in [-0.15, -0.1) is 0 Å². The minimum absolute atomic E-state index is 0.166. The van der Waals surface area contributed by atoms with E-state index in [2.05, 4.69) is 4.98 Å². The van der Waals surface area contributed by atoms with Gasteiger partial charge in [0, 0.05) is 31.2 Å². The Balaban J connectivity index is 1.62. The van der Waals surface area contributed by atoms with E-state index >= 15 is 0 Å². The second-order valence-electron chi connectivity index (χ2n) is 6.88. The summed E-state index contributed by atoms with van der Waals surface area (Å²) >= 11 is 0. The second kappa shape index (κ2) is 8.31. The maximum Gasteiger partial charge on any atom is 0.224 e. The van der Waals surface area contributed by atoms with E-state index in [0.29, 0.717) is 29.4 Å². The molecule has 0 N–H and O–H groups in total. The number of hydrogen-bond donors (Lipinski definition) is 0. The van der Waals surface area contributed by atoms with Crippen molar-refractivity contribution in [1.82, 2.24) is 4.98 Å². The van der Waals surface area contributed by atoms with Crippen LogP contribution < -0.4 is 14.4 Å². The molecule has 2 aromatic carbocycles. The molecule has 3 aromatic rings. The van der Waals surface area contributed by atoms with Gasteiger partial charge in [-0.2, -0.15) is 0 Å². The van der Waals surface area contributed by atoms with E-state index < -0.39 is 12.3 Å². The van der Waals surface area contributed by atoms with E-state index in [1.807, 2.05) is 48.5 Å². The highest BCUT2D eigenvalue weighted by molar-refractivity contribution is 5.93. The number of para-hydroxylation sites is 2. The zero-order valence-corrected chi connectivity index (χ0v) is 16.0. The molecular weight excluding hydrogens is 371 g/mol. The first-order valence-electron chi connectivity index (χ1n) is 9.45. The van der Waals surface area contributed by atoms with Crippen LogP contribution in [0, 0.1) is 0 Å². The molecule has 1 heterocycles. The number of aromatic nitrogens is 1. The third kappa shape index (κ3) is 4.54. The number of nitrogens with zero attached hydrogens (tertiary/aromatic N) is 2. The Bertz CT molecular complexity index is 996. The van der Waals surface area contributed by atoms with Crippen LogP contribution in [0.1, 0.15) is 18.9 Å². The summed E-state index contributed by atoms with van der Waals surface area (Å²) in [7, 11) is 0. The SMILES string of the molecule is CC(=O)N(Cc1ccccc1OC1CC1F)c1cnccc1Oc1ccccc1. The summed E-state index contributed by atoms with van der Waals surface area (Å²) in [5.41, 5.74) is 1.34. The number of alkyl halides is 1. The zero-order chi connectivity index (χ0) is 20.2. The number of carbonyl (C=O) groups excluding carboxylic acids is 1. The van der Waals surface area contributed by atoms with Gasteiger partial charge < -0.3 is 14.4 Å². The van der Waals surface area contributed by atoms with Gasteiger partial charge in [-0.05, 0) is 18.2 Å². The van der Waals surface area contributed by atoms with Gasteiger partial charge in [-0.3, -0.25) is 9.78 Å². The molecule has 2 unspecified atom stereocenters. The fraction of sp³-hybridized carbons (Fsp3) is 0.217. The molecule has 1 saturated carbocycles. The lowest BCUT2D eigenvalue weighted by Crippen LogP contribution is -2.28. The summed E-state index contributed by atoms with van der Waals surface area (Å²) in [5.74, 6) is 1.60. The molecule has 4 rings (SSSR count). The highest BCUT2D eigenvalue weighted by atomic mass is 19.1. The molecule has 1 fully saturated rings. The van der Waals surface area contributed by atoms with Gasteiger partial charge in [0.25, 0.3) is 0 Å². The van der Waals surface area contributed by atoms with Gasteiger partial charge >= 0.3 is 0 Å². The van der Waals surface area contributed by atoms with Crippen molar-refractivity contribution < 1.29 is 18.7 Å². The lowest BCUT2D eigenvalue weighted by atomic mass is 10.1. The molecule has 1 aromatic heterocycles. The number of amides is 1. The lowest BCUT2D eigenvalue weighted by Gasteiger charge is -2.24. The fourth-order valence-electron chi connectivity index (χ4n) is 2.99. The number of carbonyl (C=O) groups is 1. The molecule has 29 heavy (non-hydrogen) atoms. The predicted octanol–water partition coefficient (Wildman–Crippen LogP) is 4.92. The van der Waals surface area contributed by atoms with Crippen molar-refractivity contribution >= 4 is 11.6 Å². The smallest absolute Gasteiger partial charge is 0.224 e. The molecule has 1 aliphatic carbocycles. The summed E-state index contributed by atoms with van der Waals surface area (Å²) in [6.07, 6.45) is 2.30. The van der Waals surface area contributed by atoms with Gasteiger partial charge in [0.1, 0.15) is 29.5 Å². The quantitative estimate of drug-likeness (QED) is 0.573. The Hall–Kier alpha value is -3.41. The van der Waals surface area contributed by atoms with Crippen LogP contribution in [0.25, 0.3) is 0 Å². The van der Waals surface area contributed by atoms with Gasteiger partial charge in [-0.25, -0.2) is 4.39 Å². The van der Waals surface area contributed by atoms with Crippen LogP contribution >= 0.6 is 0 Å². The van der Waals surface area contributed by atoms with Crippen molar-refractivity contribution in [3.05, 3.63) is 78.6 Å². The molecule has 2 atom stereocenters. The van der Waals surface area contributed by atoms with Crippen LogP contribution in [-0.2, 0) is 11.3 Å². The van der Waals surface area contributed by atoms with Crippen LogP contribution in [0.15, 0.2) is 73.1 Å². The molecule has 148 valence electrons. The number of pyridine rings is 1.